The molecule has 1 saturated heterocycles. The summed E-state index contributed by atoms with van der Waals surface area (Å²) in [5.74, 6) is 0.0503. The smallest absolute Gasteiger partial charge is 0.237 e. The van der Waals surface area contributed by atoms with Crippen molar-refractivity contribution in [1.29, 1.82) is 0 Å². The maximum atomic E-state index is 11.3. The van der Waals surface area contributed by atoms with Gasteiger partial charge >= 0.3 is 0 Å². The lowest BCUT2D eigenvalue weighted by Crippen LogP contribution is -2.58. The minimum absolute atomic E-state index is 0.00366. The van der Waals surface area contributed by atoms with E-state index in [9.17, 15) is 4.79 Å². The van der Waals surface area contributed by atoms with Crippen LogP contribution in [0.3, 0.4) is 0 Å². The van der Waals surface area contributed by atoms with Gasteiger partial charge in [0.2, 0.25) is 5.91 Å². The molecule has 0 aromatic heterocycles. The Balaban J connectivity index is 2.67. The summed E-state index contributed by atoms with van der Waals surface area (Å²) in [6.07, 6.45) is 0. The Morgan fingerprint density at radius 3 is 3.00 bits per heavy atom. The van der Waals surface area contributed by atoms with Crippen LogP contribution in [0.15, 0.2) is 0 Å². The van der Waals surface area contributed by atoms with Crippen molar-refractivity contribution in [2.24, 2.45) is 5.73 Å². The minimum Gasteiger partial charge on any atom is -0.392 e. The van der Waals surface area contributed by atoms with Gasteiger partial charge in [-0.25, -0.2) is 0 Å². The van der Waals surface area contributed by atoms with Crippen LogP contribution in [0.1, 0.15) is 13.8 Å². The van der Waals surface area contributed by atoms with Crippen LogP contribution >= 0.6 is 12.2 Å². The van der Waals surface area contributed by atoms with Gasteiger partial charge in [-0.1, -0.05) is 12.2 Å². The zero-order valence-corrected chi connectivity index (χ0v) is 8.73. The maximum Gasteiger partial charge on any atom is 0.237 e. The molecule has 0 saturated carbocycles. The summed E-state index contributed by atoms with van der Waals surface area (Å²) in [6.45, 7) is 5.28. The van der Waals surface area contributed by atoms with Crippen LogP contribution in [-0.4, -0.2) is 41.0 Å². The van der Waals surface area contributed by atoms with Gasteiger partial charge in [-0.15, -0.1) is 0 Å². The summed E-state index contributed by atoms with van der Waals surface area (Å²) < 4.78 is 0. The Kier molecular flexibility index (Phi) is 3.22. The normalized spacial score (nSPS) is 26.6. The molecule has 5 heteroatoms. The first kappa shape index (κ1) is 10.4. The van der Waals surface area contributed by atoms with Crippen molar-refractivity contribution in [3.05, 3.63) is 0 Å². The zero-order chi connectivity index (χ0) is 10.0. The number of thiocarbonyl (C=S) groups is 1. The lowest BCUT2D eigenvalue weighted by Gasteiger charge is -2.36. The van der Waals surface area contributed by atoms with E-state index in [1.165, 1.54) is 0 Å². The van der Waals surface area contributed by atoms with Crippen LogP contribution in [0.25, 0.3) is 0 Å². The number of nitrogens with one attached hydrogen (secondary N) is 1. The number of hydrogen-bond donors (Lipinski definition) is 2. The predicted octanol–water partition coefficient (Wildman–Crippen LogP) is -0.519. The largest absolute Gasteiger partial charge is 0.392 e. The fourth-order valence-corrected chi connectivity index (χ4v) is 1.63. The quantitative estimate of drug-likeness (QED) is 0.590. The molecule has 74 valence electrons. The van der Waals surface area contributed by atoms with Gasteiger partial charge in [0.25, 0.3) is 0 Å². The number of carbonyl (C=O) groups excluding carboxylic acids is 1. The molecule has 13 heavy (non-hydrogen) atoms. The summed E-state index contributed by atoms with van der Waals surface area (Å²) >= 11 is 4.90. The molecule has 1 heterocycles. The highest BCUT2D eigenvalue weighted by molar-refractivity contribution is 7.80. The molecule has 0 aliphatic carbocycles. The Hall–Kier alpha value is -0.680. The molecule has 0 aromatic carbocycles. The Morgan fingerprint density at radius 1 is 1.85 bits per heavy atom. The van der Waals surface area contributed by atoms with Crippen molar-refractivity contribution in [2.45, 2.75) is 25.9 Å². The third-order valence-electron chi connectivity index (χ3n) is 2.46. The number of nitrogens with two attached hydrogens (primary N) is 1. The van der Waals surface area contributed by atoms with Crippen LogP contribution < -0.4 is 11.1 Å². The Bertz CT molecular complexity index is 227. The average molecular weight is 201 g/mol. The number of piperazine rings is 1. The van der Waals surface area contributed by atoms with Crippen LogP contribution in [0.4, 0.5) is 0 Å². The van der Waals surface area contributed by atoms with E-state index >= 15 is 0 Å². The SMILES string of the molecule is CC1C(=O)NCCN1C(C)C(N)=S. The van der Waals surface area contributed by atoms with Gasteiger partial charge in [0.05, 0.1) is 17.1 Å². The van der Waals surface area contributed by atoms with E-state index in [0.717, 1.165) is 6.54 Å². The molecule has 0 spiro atoms. The fourth-order valence-electron chi connectivity index (χ4n) is 1.49. The number of hydrogen-bond acceptors (Lipinski definition) is 3. The molecule has 1 fully saturated rings. The van der Waals surface area contributed by atoms with Crippen LogP contribution in [0.2, 0.25) is 0 Å². The van der Waals surface area contributed by atoms with Gasteiger partial charge in [0.1, 0.15) is 0 Å². The van der Waals surface area contributed by atoms with Crippen molar-refractivity contribution in [3.8, 4) is 0 Å². The van der Waals surface area contributed by atoms with Crippen LogP contribution in [0.5, 0.6) is 0 Å². The molecule has 3 N–H and O–H groups in total. The number of amides is 1. The molecule has 0 aromatic rings. The summed E-state index contributed by atoms with van der Waals surface area (Å²) in [5.41, 5.74) is 5.53. The van der Waals surface area contributed by atoms with Crippen LogP contribution in [0, 0.1) is 0 Å². The first-order valence-electron chi connectivity index (χ1n) is 4.37. The standard InChI is InChI=1S/C8H15N3OS/c1-5(7(9)13)11-4-3-10-8(12)6(11)2/h5-6H,3-4H2,1-2H3,(H2,9,13)(H,10,12). The minimum atomic E-state index is -0.134. The Labute approximate surface area is 83.5 Å². The van der Waals surface area contributed by atoms with Crippen LogP contribution in [-0.2, 0) is 4.79 Å². The average Bonchev–Trinajstić information content (AvgIpc) is 2.08. The van der Waals surface area contributed by atoms with E-state index in [4.69, 9.17) is 18.0 Å². The van der Waals surface area contributed by atoms with Gasteiger partial charge in [-0.2, -0.15) is 0 Å². The monoisotopic (exact) mass is 201 g/mol. The van der Waals surface area contributed by atoms with E-state index in [2.05, 4.69) is 5.32 Å². The molecule has 0 radical (unpaired) electrons. The van der Waals surface area contributed by atoms with E-state index in [-0.39, 0.29) is 18.0 Å². The molecule has 1 aliphatic heterocycles. The van der Waals surface area contributed by atoms with E-state index in [1.54, 1.807) is 0 Å². The molecule has 1 rings (SSSR count). The summed E-state index contributed by atoms with van der Waals surface area (Å²) in [6, 6.07) is -0.138. The van der Waals surface area contributed by atoms with Crippen molar-refractivity contribution < 1.29 is 4.79 Å². The second-order valence-electron chi connectivity index (χ2n) is 3.28. The maximum absolute atomic E-state index is 11.3. The third kappa shape index (κ3) is 2.16. The first-order valence-corrected chi connectivity index (χ1v) is 4.77. The molecule has 2 atom stereocenters. The summed E-state index contributed by atoms with van der Waals surface area (Å²) in [4.78, 5) is 13.8. The second-order valence-corrected chi connectivity index (χ2v) is 3.75. The number of carbonyl (C=O) groups is 1. The van der Waals surface area contributed by atoms with Gasteiger partial charge in [-0.3, -0.25) is 9.69 Å². The van der Waals surface area contributed by atoms with Crippen molar-refractivity contribution in [3.63, 3.8) is 0 Å². The van der Waals surface area contributed by atoms with Crippen molar-refractivity contribution >= 4 is 23.1 Å². The van der Waals surface area contributed by atoms with Crippen molar-refractivity contribution in [2.75, 3.05) is 13.1 Å². The van der Waals surface area contributed by atoms with Gasteiger partial charge in [0, 0.05) is 13.1 Å². The second kappa shape index (κ2) is 4.02. The number of nitrogens with zero attached hydrogens (tertiary/aromatic N) is 1. The first-order chi connectivity index (χ1) is 6.04. The predicted molar refractivity (Wildman–Crippen MR) is 55.4 cm³/mol. The number of rotatable bonds is 2. The highest BCUT2D eigenvalue weighted by Crippen LogP contribution is 2.08. The van der Waals surface area contributed by atoms with Gasteiger partial charge in [-0.05, 0) is 13.8 Å². The molecule has 1 amide bonds. The highest BCUT2D eigenvalue weighted by Gasteiger charge is 2.29. The van der Waals surface area contributed by atoms with E-state index in [1.807, 2.05) is 18.7 Å². The zero-order valence-electron chi connectivity index (χ0n) is 7.91. The lowest BCUT2D eigenvalue weighted by molar-refractivity contribution is -0.128. The molecular weight excluding hydrogens is 186 g/mol. The summed E-state index contributed by atoms with van der Waals surface area (Å²) in [7, 11) is 0. The Morgan fingerprint density at radius 2 is 2.46 bits per heavy atom. The lowest BCUT2D eigenvalue weighted by atomic mass is 10.1. The molecular formula is C8H15N3OS. The third-order valence-corrected chi connectivity index (χ3v) is 2.80. The van der Waals surface area contributed by atoms with Gasteiger partial charge in [0.15, 0.2) is 0 Å². The molecule has 0 bridgehead atoms. The van der Waals surface area contributed by atoms with E-state index in [0.29, 0.717) is 11.5 Å². The van der Waals surface area contributed by atoms with Gasteiger partial charge < -0.3 is 11.1 Å². The summed E-state index contributed by atoms with van der Waals surface area (Å²) in [5, 5.41) is 2.79. The fraction of sp³-hybridized carbons (Fsp3) is 0.750. The van der Waals surface area contributed by atoms with E-state index < -0.39 is 0 Å². The highest BCUT2D eigenvalue weighted by atomic mass is 32.1. The topological polar surface area (TPSA) is 58.4 Å². The van der Waals surface area contributed by atoms with Crippen molar-refractivity contribution in [1.82, 2.24) is 10.2 Å². The molecule has 1 aliphatic rings. The molecule has 2 unspecified atom stereocenters. The molecule has 4 nitrogen and oxygen atoms in total.